The van der Waals surface area contributed by atoms with E-state index in [1.807, 2.05) is 0 Å². The van der Waals surface area contributed by atoms with Gasteiger partial charge >= 0.3 is 5.97 Å². The Labute approximate surface area is 105 Å². The molecule has 1 N–H and O–H groups in total. The fourth-order valence-electron chi connectivity index (χ4n) is 1.26. The van der Waals surface area contributed by atoms with Gasteiger partial charge in [-0.1, -0.05) is 0 Å². The number of ether oxygens (including phenoxy) is 1. The lowest BCUT2D eigenvalue weighted by Crippen LogP contribution is -1.90. The zero-order chi connectivity index (χ0) is 13.1. The fourth-order valence-corrected chi connectivity index (χ4v) is 1.90. The van der Waals surface area contributed by atoms with Crippen LogP contribution in [-0.4, -0.2) is 16.0 Å². The van der Waals surface area contributed by atoms with Gasteiger partial charge in [0.25, 0.3) is 5.69 Å². The number of thiophene rings is 1. The first-order valence-corrected chi connectivity index (χ1v) is 5.68. The van der Waals surface area contributed by atoms with Crippen molar-refractivity contribution in [1.29, 1.82) is 0 Å². The highest BCUT2D eigenvalue weighted by molar-refractivity contribution is 7.12. The first-order chi connectivity index (χ1) is 8.56. The summed E-state index contributed by atoms with van der Waals surface area (Å²) in [6.07, 6.45) is 0. The molecule has 0 atom stereocenters. The summed E-state index contributed by atoms with van der Waals surface area (Å²) < 4.78 is 5.37. The third kappa shape index (κ3) is 2.64. The van der Waals surface area contributed by atoms with E-state index in [1.165, 1.54) is 30.3 Å². The molecular formula is C11H7NO5S. The van der Waals surface area contributed by atoms with E-state index in [-0.39, 0.29) is 10.6 Å². The van der Waals surface area contributed by atoms with Gasteiger partial charge in [-0.05, 0) is 12.1 Å². The van der Waals surface area contributed by atoms with Crippen molar-refractivity contribution in [3.63, 3.8) is 0 Å². The second-order valence-corrected chi connectivity index (χ2v) is 4.22. The van der Waals surface area contributed by atoms with Crippen LogP contribution >= 0.6 is 11.3 Å². The van der Waals surface area contributed by atoms with Crippen LogP contribution < -0.4 is 4.74 Å². The summed E-state index contributed by atoms with van der Waals surface area (Å²) in [7, 11) is 0. The molecule has 18 heavy (non-hydrogen) atoms. The van der Waals surface area contributed by atoms with Gasteiger partial charge in [0.2, 0.25) is 0 Å². The summed E-state index contributed by atoms with van der Waals surface area (Å²) in [6.45, 7) is 0. The van der Waals surface area contributed by atoms with Crippen LogP contribution in [0.3, 0.4) is 0 Å². The highest BCUT2D eigenvalue weighted by Crippen LogP contribution is 2.28. The van der Waals surface area contributed by atoms with Crippen molar-refractivity contribution in [2.75, 3.05) is 0 Å². The number of rotatable bonds is 4. The molecule has 0 unspecified atom stereocenters. The van der Waals surface area contributed by atoms with Gasteiger partial charge in [0.05, 0.1) is 4.92 Å². The van der Waals surface area contributed by atoms with E-state index in [0.29, 0.717) is 11.5 Å². The number of nitro benzene ring substituents is 1. The number of carboxylic acids is 1. The predicted molar refractivity (Wildman–Crippen MR) is 64.4 cm³/mol. The first kappa shape index (κ1) is 12.1. The maximum atomic E-state index is 10.7. The average molecular weight is 265 g/mol. The van der Waals surface area contributed by atoms with Gasteiger partial charge in [0.1, 0.15) is 16.4 Å². The SMILES string of the molecule is O=C(O)c1cc(Oc2ccc([N+](=O)[O-])cc2)cs1. The Morgan fingerprint density at radius 2 is 1.94 bits per heavy atom. The molecule has 0 aliphatic heterocycles. The van der Waals surface area contributed by atoms with Gasteiger partial charge in [0, 0.05) is 23.6 Å². The molecule has 7 heteroatoms. The quantitative estimate of drug-likeness (QED) is 0.677. The maximum absolute atomic E-state index is 10.7. The number of non-ortho nitro benzene ring substituents is 1. The van der Waals surface area contributed by atoms with Crippen molar-refractivity contribution in [3.8, 4) is 11.5 Å². The number of hydrogen-bond acceptors (Lipinski definition) is 5. The fraction of sp³-hybridized carbons (Fsp3) is 0. The van der Waals surface area contributed by atoms with Crippen LogP contribution in [0.1, 0.15) is 9.67 Å². The lowest BCUT2D eigenvalue weighted by Gasteiger charge is -2.01. The van der Waals surface area contributed by atoms with Crippen LogP contribution in [0.4, 0.5) is 5.69 Å². The van der Waals surface area contributed by atoms with Crippen molar-refractivity contribution in [2.45, 2.75) is 0 Å². The summed E-state index contributed by atoms with van der Waals surface area (Å²) in [4.78, 5) is 20.8. The monoisotopic (exact) mass is 265 g/mol. The molecule has 0 amide bonds. The van der Waals surface area contributed by atoms with Crippen LogP contribution in [0.5, 0.6) is 11.5 Å². The highest BCUT2D eigenvalue weighted by Gasteiger charge is 2.09. The van der Waals surface area contributed by atoms with E-state index in [4.69, 9.17) is 9.84 Å². The van der Waals surface area contributed by atoms with Crippen LogP contribution in [0.2, 0.25) is 0 Å². The highest BCUT2D eigenvalue weighted by atomic mass is 32.1. The van der Waals surface area contributed by atoms with Gasteiger partial charge in [-0.3, -0.25) is 10.1 Å². The minimum atomic E-state index is -1.02. The largest absolute Gasteiger partial charge is 0.477 e. The van der Waals surface area contributed by atoms with Crippen molar-refractivity contribution < 1.29 is 19.6 Å². The molecule has 92 valence electrons. The van der Waals surface area contributed by atoms with Crippen LogP contribution in [0, 0.1) is 10.1 Å². The molecule has 6 nitrogen and oxygen atoms in total. The number of benzene rings is 1. The molecule has 0 radical (unpaired) electrons. The van der Waals surface area contributed by atoms with Crippen molar-refractivity contribution >= 4 is 23.0 Å². The maximum Gasteiger partial charge on any atom is 0.346 e. The van der Waals surface area contributed by atoms with E-state index in [9.17, 15) is 14.9 Å². The molecule has 0 aliphatic rings. The number of carbonyl (C=O) groups is 1. The predicted octanol–water partition coefficient (Wildman–Crippen LogP) is 3.15. The standard InChI is InChI=1S/C11H7NO5S/c13-11(14)10-5-9(6-18-10)17-8-3-1-7(2-4-8)12(15)16/h1-6H,(H,13,14). The minimum Gasteiger partial charge on any atom is -0.477 e. The summed E-state index contributed by atoms with van der Waals surface area (Å²) in [6, 6.07) is 6.94. The van der Waals surface area contributed by atoms with E-state index in [2.05, 4.69) is 0 Å². The molecule has 0 bridgehead atoms. The van der Waals surface area contributed by atoms with Gasteiger partial charge in [-0.2, -0.15) is 0 Å². The molecule has 1 aromatic heterocycles. The molecule has 2 rings (SSSR count). The van der Waals surface area contributed by atoms with E-state index in [0.717, 1.165) is 11.3 Å². The van der Waals surface area contributed by atoms with E-state index in [1.54, 1.807) is 5.38 Å². The van der Waals surface area contributed by atoms with Gasteiger partial charge in [0.15, 0.2) is 0 Å². The Balaban J connectivity index is 2.13. The topological polar surface area (TPSA) is 89.7 Å². The second kappa shape index (κ2) is 4.84. The third-order valence-corrected chi connectivity index (χ3v) is 2.97. The van der Waals surface area contributed by atoms with Gasteiger partial charge in [-0.25, -0.2) is 4.79 Å². The van der Waals surface area contributed by atoms with Crippen LogP contribution in [0.15, 0.2) is 35.7 Å². The molecule has 1 heterocycles. The molecule has 0 saturated heterocycles. The molecule has 0 saturated carbocycles. The molecule has 0 aliphatic carbocycles. The molecule has 2 aromatic rings. The van der Waals surface area contributed by atoms with Gasteiger partial charge in [-0.15, -0.1) is 11.3 Å². The molecule has 0 spiro atoms. The number of hydrogen-bond donors (Lipinski definition) is 1. The Kier molecular flexibility index (Phi) is 3.24. The zero-order valence-corrected chi connectivity index (χ0v) is 9.72. The summed E-state index contributed by atoms with van der Waals surface area (Å²) in [5.74, 6) is -0.208. The number of carboxylic acid groups (broad SMARTS) is 1. The lowest BCUT2D eigenvalue weighted by molar-refractivity contribution is -0.384. The van der Waals surface area contributed by atoms with E-state index < -0.39 is 10.9 Å². The Morgan fingerprint density at radius 1 is 1.28 bits per heavy atom. The second-order valence-electron chi connectivity index (χ2n) is 3.30. The number of nitrogens with zero attached hydrogens (tertiary/aromatic N) is 1. The number of aromatic carboxylic acids is 1. The minimum absolute atomic E-state index is 0.0288. The lowest BCUT2D eigenvalue weighted by atomic mass is 10.3. The smallest absolute Gasteiger partial charge is 0.346 e. The molecule has 1 aromatic carbocycles. The molecule has 0 fully saturated rings. The van der Waals surface area contributed by atoms with Crippen molar-refractivity contribution in [2.24, 2.45) is 0 Å². The van der Waals surface area contributed by atoms with Crippen LogP contribution in [0.25, 0.3) is 0 Å². The van der Waals surface area contributed by atoms with Crippen molar-refractivity contribution in [1.82, 2.24) is 0 Å². The Morgan fingerprint density at radius 3 is 2.44 bits per heavy atom. The normalized spacial score (nSPS) is 10.0. The van der Waals surface area contributed by atoms with Crippen LogP contribution in [-0.2, 0) is 0 Å². The first-order valence-electron chi connectivity index (χ1n) is 4.80. The Hall–Kier alpha value is -2.41. The van der Waals surface area contributed by atoms with E-state index >= 15 is 0 Å². The molecular weight excluding hydrogens is 258 g/mol. The Bertz CT molecular complexity index is 590. The summed E-state index contributed by atoms with van der Waals surface area (Å²) >= 11 is 1.05. The summed E-state index contributed by atoms with van der Waals surface area (Å²) in [5, 5.41) is 20.8. The van der Waals surface area contributed by atoms with Gasteiger partial charge < -0.3 is 9.84 Å². The summed E-state index contributed by atoms with van der Waals surface area (Å²) in [5.41, 5.74) is -0.0288. The van der Waals surface area contributed by atoms with Crippen molar-refractivity contribution in [3.05, 3.63) is 50.7 Å². The average Bonchev–Trinajstić information content (AvgIpc) is 2.78. The third-order valence-electron chi connectivity index (χ3n) is 2.07. The number of nitro groups is 1. The zero-order valence-electron chi connectivity index (χ0n) is 8.90.